The van der Waals surface area contributed by atoms with Gasteiger partial charge in [-0.05, 0) is 38.5 Å². The van der Waals surface area contributed by atoms with Gasteiger partial charge in [0, 0.05) is 18.1 Å². The van der Waals surface area contributed by atoms with E-state index in [-0.39, 0.29) is 23.0 Å². The first-order valence-corrected chi connectivity index (χ1v) is 6.07. The Kier molecular flexibility index (Phi) is 3.84. The van der Waals surface area contributed by atoms with Gasteiger partial charge in [-0.25, -0.2) is 4.79 Å². The molecule has 2 atom stereocenters. The molecule has 4 N–H and O–H groups in total. The van der Waals surface area contributed by atoms with Crippen LogP contribution in [-0.4, -0.2) is 24.2 Å². The lowest BCUT2D eigenvalue weighted by molar-refractivity contribution is 0.131. The van der Waals surface area contributed by atoms with Crippen LogP contribution in [0.2, 0.25) is 0 Å². The highest BCUT2D eigenvalue weighted by Crippen LogP contribution is 2.39. The van der Waals surface area contributed by atoms with E-state index in [1.165, 1.54) is 0 Å². The van der Waals surface area contributed by atoms with Crippen molar-refractivity contribution in [3.63, 3.8) is 0 Å². The summed E-state index contributed by atoms with van der Waals surface area (Å²) >= 11 is 0. The fourth-order valence-electron chi connectivity index (χ4n) is 3.04. The van der Waals surface area contributed by atoms with Crippen molar-refractivity contribution in [2.75, 3.05) is 6.54 Å². The third kappa shape index (κ3) is 4.00. The minimum atomic E-state index is -0.175. The zero-order valence-corrected chi connectivity index (χ0v) is 10.9. The zero-order valence-electron chi connectivity index (χ0n) is 10.9. The van der Waals surface area contributed by atoms with E-state index in [4.69, 9.17) is 5.73 Å². The van der Waals surface area contributed by atoms with Crippen LogP contribution in [0, 0.1) is 5.41 Å². The Hall–Kier alpha value is -0.770. The fourth-order valence-corrected chi connectivity index (χ4v) is 3.04. The molecule has 1 aliphatic rings. The molecule has 0 aliphatic heterocycles. The lowest BCUT2D eigenvalue weighted by atomic mass is 9.67. The number of carbonyl (C=O) groups excluding carboxylic acids is 1. The molecule has 0 aromatic carbocycles. The molecule has 2 amide bonds. The SMILES string of the molecule is CCNC(=O)NC1CC(C)(C)CC(C)(N)C1. The third-order valence-corrected chi connectivity index (χ3v) is 3.07. The third-order valence-electron chi connectivity index (χ3n) is 3.07. The second-order valence-electron chi connectivity index (χ2n) is 6.10. The van der Waals surface area contributed by atoms with Gasteiger partial charge in [-0.1, -0.05) is 13.8 Å². The van der Waals surface area contributed by atoms with Gasteiger partial charge in [0.15, 0.2) is 0 Å². The highest BCUT2D eigenvalue weighted by molar-refractivity contribution is 5.74. The number of nitrogens with one attached hydrogen (secondary N) is 2. The predicted molar refractivity (Wildman–Crippen MR) is 66.2 cm³/mol. The quantitative estimate of drug-likeness (QED) is 0.671. The van der Waals surface area contributed by atoms with E-state index in [2.05, 4.69) is 31.4 Å². The first-order chi connectivity index (χ1) is 7.24. The van der Waals surface area contributed by atoms with Gasteiger partial charge < -0.3 is 16.4 Å². The summed E-state index contributed by atoms with van der Waals surface area (Å²) in [4.78, 5) is 11.5. The summed E-state index contributed by atoms with van der Waals surface area (Å²) in [5.74, 6) is 0. The maximum Gasteiger partial charge on any atom is 0.314 e. The number of amides is 2. The standard InChI is InChI=1S/C12H25N3O/c1-5-14-10(16)15-9-6-11(2,3)8-12(4,13)7-9/h9H,5-8,13H2,1-4H3,(H2,14,15,16). The predicted octanol–water partition coefficient (Wildman–Crippen LogP) is 1.60. The lowest BCUT2D eigenvalue weighted by Gasteiger charge is -2.44. The summed E-state index contributed by atoms with van der Waals surface area (Å²) in [6.07, 6.45) is 2.86. The maximum absolute atomic E-state index is 11.5. The van der Waals surface area contributed by atoms with E-state index in [0.717, 1.165) is 19.3 Å². The van der Waals surface area contributed by atoms with Crippen LogP contribution in [0.3, 0.4) is 0 Å². The molecule has 0 radical (unpaired) electrons. The monoisotopic (exact) mass is 227 g/mol. The van der Waals surface area contributed by atoms with Crippen LogP contribution < -0.4 is 16.4 Å². The minimum Gasteiger partial charge on any atom is -0.338 e. The molecule has 94 valence electrons. The Morgan fingerprint density at radius 3 is 2.50 bits per heavy atom. The molecule has 0 aromatic heterocycles. The van der Waals surface area contributed by atoms with Crippen LogP contribution in [0.15, 0.2) is 0 Å². The van der Waals surface area contributed by atoms with Crippen LogP contribution in [0.25, 0.3) is 0 Å². The van der Waals surface area contributed by atoms with Crippen molar-refractivity contribution in [1.29, 1.82) is 0 Å². The summed E-state index contributed by atoms with van der Waals surface area (Å²) in [7, 11) is 0. The van der Waals surface area contributed by atoms with Crippen molar-refractivity contribution in [2.24, 2.45) is 11.1 Å². The van der Waals surface area contributed by atoms with Crippen LogP contribution in [0.4, 0.5) is 4.79 Å². The minimum absolute atomic E-state index is 0.0824. The fraction of sp³-hybridized carbons (Fsp3) is 0.917. The molecular weight excluding hydrogens is 202 g/mol. The number of nitrogens with two attached hydrogens (primary N) is 1. The van der Waals surface area contributed by atoms with Gasteiger partial charge in [0.2, 0.25) is 0 Å². The van der Waals surface area contributed by atoms with Gasteiger partial charge in [-0.2, -0.15) is 0 Å². The molecule has 0 saturated heterocycles. The molecule has 0 aromatic rings. The highest BCUT2D eigenvalue weighted by Gasteiger charge is 2.39. The first kappa shape index (κ1) is 13.3. The summed E-state index contributed by atoms with van der Waals surface area (Å²) in [6, 6.07) is 0.103. The molecule has 0 bridgehead atoms. The Labute approximate surface area is 98.3 Å². The van der Waals surface area contributed by atoms with Gasteiger partial charge in [-0.15, -0.1) is 0 Å². The molecule has 0 heterocycles. The molecular formula is C12H25N3O. The molecule has 4 nitrogen and oxygen atoms in total. The zero-order chi connectivity index (χ0) is 12.4. The molecule has 4 heteroatoms. The summed E-state index contributed by atoms with van der Waals surface area (Å²) in [5, 5.41) is 5.76. The van der Waals surface area contributed by atoms with Crippen molar-refractivity contribution in [2.45, 2.75) is 58.5 Å². The molecule has 1 saturated carbocycles. The van der Waals surface area contributed by atoms with Crippen molar-refractivity contribution < 1.29 is 4.79 Å². The Morgan fingerprint density at radius 1 is 1.38 bits per heavy atom. The van der Waals surface area contributed by atoms with Crippen molar-refractivity contribution in [3.8, 4) is 0 Å². The van der Waals surface area contributed by atoms with Crippen LogP contribution in [0.1, 0.15) is 47.0 Å². The average Bonchev–Trinajstić information content (AvgIpc) is 1.96. The second kappa shape index (κ2) is 4.62. The van der Waals surface area contributed by atoms with Crippen molar-refractivity contribution in [1.82, 2.24) is 10.6 Å². The average molecular weight is 227 g/mol. The number of urea groups is 1. The van der Waals surface area contributed by atoms with E-state index >= 15 is 0 Å². The van der Waals surface area contributed by atoms with Gasteiger partial charge in [0.25, 0.3) is 0 Å². The van der Waals surface area contributed by atoms with Gasteiger partial charge in [0.05, 0.1) is 0 Å². The summed E-state index contributed by atoms with van der Waals surface area (Å²) < 4.78 is 0. The van der Waals surface area contributed by atoms with E-state index in [9.17, 15) is 4.79 Å². The van der Waals surface area contributed by atoms with Gasteiger partial charge in [-0.3, -0.25) is 0 Å². The van der Waals surface area contributed by atoms with Crippen molar-refractivity contribution >= 4 is 6.03 Å². The number of rotatable bonds is 2. The molecule has 1 aliphatic carbocycles. The number of carbonyl (C=O) groups is 1. The van der Waals surface area contributed by atoms with Gasteiger partial charge in [0.1, 0.15) is 0 Å². The molecule has 1 rings (SSSR count). The normalized spacial score (nSPS) is 33.2. The summed E-state index contributed by atoms with van der Waals surface area (Å²) in [6.45, 7) is 9.06. The molecule has 16 heavy (non-hydrogen) atoms. The second-order valence-corrected chi connectivity index (χ2v) is 6.10. The highest BCUT2D eigenvalue weighted by atomic mass is 16.2. The van der Waals surface area contributed by atoms with Crippen LogP contribution in [0.5, 0.6) is 0 Å². The number of hydrogen-bond acceptors (Lipinski definition) is 2. The smallest absolute Gasteiger partial charge is 0.314 e. The van der Waals surface area contributed by atoms with Crippen LogP contribution >= 0.6 is 0 Å². The number of hydrogen-bond donors (Lipinski definition) is 3. The van der Waals surface area contributed by atoms with Crippen LogP contribution in [-0.2, 0) is 0 Å². The topological polar surface area (TPSA) is 67.2 Å². The Bertz CT molecular complexity index is 245. The Morgan fingerprint density at radius 2 is 2.00 bits per heavy atom. The van der Waals surface area contributed by atoms with Crippen molar-refractivity contribution in [3.05, 3.63) is 0 Å². The first-order valence-electron chi connectivity index (χ1n) is 6.07. The van der Waals surface area contributed by atoms with E-state index in [1.807, 2.05) is 6.92 Å². The lowest BCUT2D eigenvalue weighted by Crippen LogP contribution is -2.55. The van der Waals surface area contributed by atoms with E-state index in [0.29, 0.717) is 6.54 Å². The molecule has 1 fully saturated rings. The van der Waals surface area contributed by atoms with Gasteiger partial charge >= 0.3 is 6.03 Å². The van der Waals surface area contributed by atoms with E-state index < -0.39 is 0 Å². The largest absolute Gasteiger partial charge is 0.338 e. The van der Waals surface area contributed by atoms with E-state index in [1.54, 1.807) is 0 Å². The molecule has 0 spiro atoms. The molecule has 2 unspecified atom stereocenters. The maximum atomic E-state index is 11.5. The summed E-state index contributed by atoms with van der Waals surface area (Å²) in [5.41, 5.74) is 6.25. The Balaban J connectivity index is 2.57.